The molecule has 20 heavy (non-hydrogen) atoms. The third-order valence-corrected chi connectivity index (χ3v) is 3.48. The van der Waals surface area contributed by atoms with Gasteiger partial charge in [-0.15, -0.1) is 0 Å². The quantitative estimate of drug-likeness (QED) is 0.883. The molecule has 1 saturated heterocycles. The minimum Gasteiger partial charge on any atom is -0.353 e. The van der Waals surface area contributed by atoms with Crippen molar-refractivity contribution in [2.75, 3.05) is 36.0 Å². The lowest BCUT2D eigenvalue weighted by molar-refractivity contribution is 0.634. The first-order valence-corrected chi connectivity index (χ1v) is 6.79. The minimum absolute atomic E-state index is 0.534. The number of rotatable bonds is 3. The maximum absolute atomic E-state index is 5.59. The fourth-order valence-corrected chi connectivity index (χ4v) is 2.31. The molecule has 0 atom stereocenters. The molecule has 0 bridgehead atoms. The van der Waals surface area contributed by atoms with E-state index in [9.17, 15) is 0 Å². The highest BCUT2D eigenvalue weighted by Gasteiger charge is 2.19. The molecule has 1 fully saturated rings. The van der Waals surface area contributed by atoms with E-state index in [-0.39, 0.29) is 0 Å². The summed E-state index contributed by atoms with van der Waals surface area (Å²) in [5.74, 6) is 1.81. The Morgan fingerprint density at radius 2 is 1.65 bits per heavy atom. The van der Waals surface area contributed by atoms with Gasteiger partial charge < -0.3 is 15.5 Å². The van der Waals surface area contributed by atoms with Gasteiger partial charge in [-0.2, -0.15) is 0 Å². The number of hydrogen-bond acceptors (Lipinski definition) is 6. The van der Waals surface area contributed by atoms with E-state index in [1.807, 2.05) is 24.4 Å². The Kier molecular flexibility index (Phi) is 3.73. The molecule has 1 aliphatic rings. The van der Waals surface area contributed by atoms with Gasteiger partial charge in [0.1, 0.15) is 5.82 Å². The number of pyridine rings is 1. The summed E-state index contributed by atoms with van der Waals surface area (Å²) in [6.07, 6.45) is 5.41. The van der Waals surface area contributed by atoms with Crippen LogP contribution in [-0.4, -0.2) is 41.1 Å². The molecule has 6 heteroatoms. The summed E-state index contributed by atoms with van der Waals surface area (Å²) in [6, 6.07) is 5.91. The Hall–Kier alpha value is -2.21. The van der Waals surface area contributed by atoms with Crippen molar-refractivity contribution in [2.24, 2.45) is 5.73 Å². The fraction of sp³-hybridized carbons (Fsp3) is 0.357. The summed E-state index contributed by atoms with van der Waals surface area (Å²) in [5, 5.41) is 0. The first-order chi connectivity index (χ1) is 9.86. The van der Waals surface area contributed by atoms with E-state index in [0.717, 1.165) is 43.5 Å². The molecule has 2 N–H and O–H groups in total. The van der Waals surface area contributed by atoms with Gasteiger partial charge in [-0.25, -0.2) is 15.0 Å². The van der Waals surface area contributed by atoms with Crippen LogP contribution in [0.1, 0.15) is 5.56 Å². The number of aromatic nitrogens is 3. The van der Waals surface area contributed by atoms with E-state index in [2.05, 4.69) is 24.8 Å². The highest BCUT2D eigenvalue weighted by Crippen LogP contribution is 2.16. The molecule has 0 radical (unpaired) electrons. The van der Waals surface area contributed by atoms with Crippen LogP contribution in [0.3, 0.4) is 0 Å². The van der Waals surface area contributed by atoms with Gasteiger partial charge in [-0.1, -0.05) is 6.07 Å². The summed E-state index contributed by atoms with van der Waals surface area (Å²) in [6.45, 7) is 4.20. The maximum Gasteiger partial charge on any atom is 0.225 e. The van der Waals surface area contributed by atoms with Gasteiger partial charge in [0.25, 0.3) is 0 Å². The van der Waals surface area contributed by atoms with Crippen molar-refractivity contribution in [3.63, 3.8) is 0 Å². The summed E-state index contributed by atoms with van der Waals surface area (Å²) in [5.41, 5.74) is 6.65. The lowest BCUT2D eigenvalue weighted by Gasteiger charge is -2.35. The van der Waals surface area contributed by atoms with Gasteiger partial charge in [0.05, 0.1) is 0 Å². The zero-order valence-electron chi connectivity index (χ0n) is 11.3. The zero-order chi connectivity index (χ0) is 13.8. The maximum atomic E-state index is 5.59. The van der Waals surface area contributed by atoms with Crippen LogP contribution >= 0.6 is 0 Å². The minimum atomic E-state index is 0.534. The van der Waals surface area contributed by atoms with Gasteiger partial charge in [-0.3, -0.25) is 0 Å². The van der Waals surface area contributed by atoms with Crippen LogP contribution in [0.25, 0.3) is 0 Å². The van der Waals surface area contributed by atoms with Crippen LogP contribution in [-0.2, 0) is 6.54 Å². The van der Waals surface area contributed by atoms with Crippen molar-refractivity contribution in [3.05, 3.63) is 42.4 Å². The predicted octanol–water partition coefficient (Wildman–Crippen LogP) is 0.657. The molecule has 0 amide bonds. The second-order valence-electron chi connectivity index (χ2n) is 4.75. The summed E-state index contributed by atoms with van der Waals surface area (Å²) in [7, 11) is 0. The van der Waals surface area contributed by atoms with Crippen LogP contribution < -0.4 is 15.5 Å². The third kappa shape index (κ3) is 2.70. The second-order valence-corrected chi connectivity index (χ2v) is 4.75. The molecule has 0 unspecified atom stereocenters. The van der Waals surface area contributed by atoms with Crippen LogP contribution in [0.15, 0.2) is 36.8 Å². The third-order valence-electron chi connectivity index (χ3n) is 3.48. The van der Waals surface area contributed by atoms with Crippen molar-refractivity contribution in [2.45, 2.75) is 6.54 Å². The molecular weight excluding hydrogens is 252 g/mol. The topological polar surface area (TPSA) is 71.2 Å². The average molecular weight is 270 g/mol. The molecule has 2 aromatic heterocycles. The smallest absolute Gasteiger partial charge is 0.225 e. The van der Waals surface area contributed by atoms with Crippen molar-refractivity contribution in [1.29, 1.82) is 0 Å². The van der Waals surface area contributed by atoms with Gasteiger partial charge in [0.15, 0.2) is 0 Å². The molecule has 1 aliphatic heterocycles. The van der Waals surface area contributed by atoms with Crippen molar-refractivity contribution >= 4 is 11.8 Å². The van der Waals surface area contributed by atoms with Crippen LogP contribution in [0.4, 0.5) is 11.8 Å². The Morgan fingerprint density at radius 3 is 2.25 bits per heavy atom. The summed E-state index contributed by atoms with van der Waals surface area (Å²) in [4.78, 5) is 17.5. The normalized spacial score (nSPS) is 15.4. The molecular formula is C14H18N6. The summed E-state index contributed by atoms with van der Waals surface area (Å²) >= 11 is 0. The van der Waals surface area contributed by atoms with E-state index < -0.39 is 0 Å². The van der Waals surface area contributed by atoms with E-state index in [0.29, 0.717) is 6.54 Å². The van der Waals surface area contributed by atoms with Gasteiger partial charge in [-0.05, 0) is 17.7 Å². The first kappa shape index (κ1) is 12.8. The number of hydrogen-bond donors (Lipinski definition) is 1. The lowest BCUT2D eigenvalue weighted by atomic mass is 10.2. The van der Waals surface area contributed by atoms with Crippen LogP contribution in [0.5, 0.6) is 0 Å². The molecule has 0 aliphatic carbocycles. The lowest BCUT2D eigenvalue weighted by Crippen LogP contribution is -2.47. The molecule has 6 nitrogen and oxygen atoms in total. The molecule has 0 spiro atoms. The number of anilines is 2. The van der Waals surface area contributed by atoms with Crippen LogP contribution in [0.2, 0.25) is 0 Å². The Labute approximate surface area is 118 Å². The van der Waals surface area contributed by atoms with E-state index in [4.69, 9.17) is 5.73 Å². The largest absolute Gasteiger partial charge is 0.353 e. The second kappa shape index (κ2) is 5.83. The van der Waals surface area contributed by atoms with E-state index in [1.54, 1.807) is 12.4 Å². The van der Waals surface area contributed by atoms with E-state index in [1.165, 1.54) is 0 Å². The van der Waals surface area contributed by atoms with Crippen molar-refractivity contribution in [3.8, 4) is 0 Å². The fourth-order valence-electron chi connectivity index (χ4n) is 2.31. The molecule has 3 rings (SSSR count). The number of nitrogens with zero attached hydrogens (tertiary/aromatic N) is 5. The molecule has 3 heterocycles. The first-order valence-electron chi connectivity index (χ1n) is 6.79. The molecule has 0 aromatic carbocycles. The monoisotopic (exact) mass is 270 g/mol. The SMILES string of the molecule is NCc1ccc(N2CCN(c3ncccn3)CC2)nc1. The number of piperazine rings is 1. The van der Waals surface area contributed by atoms with E-state index >= 15 is 0 Å². The Morgan fingerprint density at radius 1 is 0.950 bits per heavy atom. The molecule has 2 aromatic rings. The van der Waals surface area contributed by atoms with Crippen LogP contribution in [0, 0.1) is 0 Å². The van der Waals surface area contributed by atoms with Crippen molar-refractivity contribution in [1.82, 2.24) is 15.0 Å². The van der Waals surface area contributed by atoms with Gasteiger partial charge >= 0.3 is 0 Å². The standard InChI is InChI=1S/C14H18N6/c15-10-12-2-3-13(18-11-12)19-6-8-20(9-7-19)14-16-4-1-5-17-14/h1-5,11H,6-10,15H2. The number of nitrogens with two attached hydrogens (primary N) is 1. The highest BCUT2D eigenvalue weighted by molar-refractivity contribution is 5.42. The summed E-state index contributed by atoms with van der Waals surface area (Å²) < 4.78 is 0. The molecule has 0 saturated carbocycles. The average Bonchev–Trinajstić information content (AvgIpc) is 2.56. The van der Waals surface area contributed by atoms with Gasteiger partial charge in [0, 0.05) is 51.3 Å². The Bertz CT molecular complexity index is 533. The Balaban J connectivity index is 1.63. The molecule has 104 valence electrons. The predicted molar refractivity (Wildman–Crippen MR) is 78.6 cm³/mol. The zero-order valence-corrected chi connectivity index (χ0v) is 11.3. The highest BCUT2D eigenvalue weighted by atomic mass is 15.3. The van der Waals surface area contributed by atoms with Gasteiger partial charge in [0.2, 0.25) is 5.95 Å². The van der Waals surface area contributed by atoms with Crippen molar-refractivity contribution < 1.29 is 0 Å².